The predicted octanol–water partition coefficient (Wildman–Crippen LogP) is 4.81. The van der Waals surface area contributed by atoms with Gasteiger partial charge in [0.1, 0.15) is 5.38 Å². The summed E-state index contributed by atoms with van der Waals surface area (Å²) in [5, 5.41) is -1.11. The number of nitrogens with one attached hydrogen (secondary N) is 1. The van der Waals surface area contributed by atoms with Crippen LogP contribution >= 0.6 is 11.6 Å². The minimum absolute atomic E-state index is 0.121. The van der Waals surface area contributed by atoms with Crippen molar-refractivity contribution in [2.75, 3.05) is 0 Å². The number of ketones is 1. The number of carbonyl (C=O) groups is 1. The maximum absolute atomic E-state index is 13.0. The van der Waals surface area contributed by atoms with E-state index in [1.807, 2.05) is 26.0 Å². The molecule has 0 fully saturated rings. The lowest BCUT2D eigenvalue weighted by Crippen LogP contribution is -2.37. The number of aryl methyl sites for hydroxylation is 2. The zero-order valence-electron chi connectivity index (χ0n) is 16.2. The smallest absolute Gasteiger partial charge is 0.241 e. The molecule has 0 amide bonds. The van der Waals surface area contributed by atoms with Crippen LogP contribution in [0.1, 0.15) is 33.1 Å². The molecule has 0 aliphatic carbocycles. The zero-order valence-corrected chi connectivity index (χ0v) is 17.7. The van der Waals surface area contributed by atoms with Gasteiger partial charge in [-0.05, 0) is 37.6 Å². The van der Waals surface area contributed by atoms with Crippen molar-refractivity contribution in [1.29, 1.82) is 0 Å². The molecule has 0 radical (unpaired) electrons. The van der Waals surface area contributed by atoms with E-state index in [1.54, 1.807) is 54.6 Å². The maximum Gasteiger partial charge on any atom is 0.241 e. The molecule has 0 spiro atoms. The Morgan fingerprint density at radius 2 is 1.52 bits per heavy atom. The third-order valence-electron chi connectivity index (χ3n) is 4.62. The first-order valence-electron chi connectivity index (χ1n) is 9.17. The van der Waals surface area contributed by atoms with Crippen molar-refractivity contribution in [3.63, 3.8) is 0 Å². The summed E-state index contributed by atoms with van der Waals surface area (Å²) >= 11 is 6.56. The first kappa shape index (κ1) is 21.2. The lowest BCUT2D eigenvalue weighted by Gasteiger charge is -2.23. The molecular weight excluding hydrogens is 406 g/mol. The van der Waals surface area contributed by atoms with Gasteiger partial charge in [0.2, 0.25) is 10.0 Å². The van der Waals surface area contributed by atoms with Crippen LogP contribution in [0.15, 0.2) is 83.8 Å². The summed E-state index contributed by atoms with van der Waals surface area (Å²) in [6, 6.07) is 21.6. The van der Waals surface area contributed by atoms with Crippen LogP contribution in [0.2, 0.25) is 0 Å². The van der Waals surface area contributed by atoms with E-state index in [4.69, 9.17) is 11.6 Å². The molecule has 0 bridgehead atoms. The molecule has 2 atom stereocenters. The van der Waals surface area contributed by atoms with Gasteiger partial charge in [0.25, 0.3) is 0 Å². The number of hydrogen-bond acceptors (Lipinski definition) is 3. The van der Waals surface area contributed by atoms with Crippen LogP contribution in [0.3, 0.4) is 0 Å². The van der Waals surface area contributed by atoms with Crippen LogP contribution < -0.4 is 4.72 Å². The number of carbonyl (C=O) groups excluding carboxylic acids is 1. The SMILES string of the molecule is Cc1ccc(S(=O)(=O)N[C@H](c2ccccc2)[C@@H](Cl)C(=O)c2cccc(C)c2)cc1. The van der Waals surface area contributed by atoms with Crippen LogP contribution in [-0.2, 0) is 10.0 Å². The van der Waals surface area contributed by atoms with E-state index >= 15 is 0 Å². The van der Waals surface area contributed by atoms with Gasteiger partial charge in [-0.2, -0.15) is 0 Å². The lowest BCUT2D eigenvalue weighted by atomic mass is 9.97. The fraction of sp³-hybridized carbons (Fsp3) is 0.174. The van der Waals surface area contributed by atoms with Crippen molar-refractivity contribution >= 4 is 27.4 Å². The fourth-order valence-corrected chi connectivity index (χ4v) is 4.66. The molecule has 6 heteroatoms. The fourth-order valence-electron chi connectivity index (χ4n) is 3.02. The maximum atomic E-state index is 13.0. The molecule has 3 aromatic rings. The minimum Gasteiger partial charge on any atom is -0.292 e. The van der Waals surface area contributed by atoms with E-state index in [9.17, 15) is 13.2 Å². The molecule has 29 heavy (non-hydrogen) atoms. The van der Waals surface area contributed by atoms with Crippen LogP contribution in [0.25, 0.3) is 0 Å². The number of alkyl halides is 1. The van der Waals surface area contributed by atoms with E-state index in [2.05, 4.69) is 4.72 Å². The Bertz CT molecular complexity index is 1100. The van der Waals surface area contributed by atoms with E-state index in [0.717, 1.165) is 11.1 Å². The molecule has 0 aromatic heterocycles. The second kappa shape index (κ2) is 8.91. The highest BCUT2D eigenvalue weighted by Gasteiger charge is 2.32. The largest absolute Gasteiger partial charge is 0.292 e. The van der Waals surface area contributed by atoms with Gasteiger partial charge in [-0.25, -0.2) is 13.1 Å². The normalized spacial score (nSPS) is 13.6. The van der Waals surface area contributed by atoms with Gasteiger partial charge in [-0.3, -0.25) is 4.79 Å². The third-order valence-corrected chi connectivity index (χ3v) is 6.52. The molecule has 0 aliphatic rings. The molecular formula is C23H22ClNO3S. The van der Waals surface area contributed by atoms with Crippen molar-refractivity contribution in [3.05, 3.63) is 101 Å². The number of hydrogen-bond donors (Lipinski definition) is 1. The van der Waals surface area contributed by atoms with E-state index in [0.29, 0.717) is 11.1 Å². The second-order valence-corrected chi connectivity index (χ2v) is 9.14. The van der Waals surface area contributed by atoms with Crippen LogP contribution in [0.5, 0.6) is 0 Å². The quantitative estimate of drug-likeness (QED) is 0.434. The van der Waals surface area contributed by atoms with Crippen molar-refractivity contribution < 1.29 is 13.2 Å². The number of halogens is 1. The Kier molecular flexibility index (Phi) is 6.52. The molecule has 3 aromatic carbocycles. The molecule has 4 nitrogen and oxygen atoms in total. The van der Waals surface area contributed by atoms with E-state index in [1.165, 1.54) is 12.1 Å². The first-order chi connectivity index (χ1) is 13.8. The van der Waals surface area contributed by atoms with E-state index in [-0.39, 0.29) is 10.7 Å². The number of benzene rings is 3. The highest BCUT2D eigenvalue weighted by atomic mass is 35.5. The molecule has 0 unspecified atom stereocenters. The minimum atomic E-state index is -3.88. The molecule has 1 N–H and O–H groups in total. The summed E-state index contributed by atoms with van der Waals surface area (Å²) in [7, 11) is -3.88. The molecule has 0 aliphatic heterocycles. The van der Waals surface area contributed by atoms with Gasteiger partial charge in [0, 0.05) is 5.56 Å². The zero-order chi connectivity index (χ0) is 21.0. The van der Waals surface area contributed by atoms with Gasteiger partial charge >= 0.3 is 0 Å². The summed E-state index contributed by atoms with van der Waals surface area (Å²) in [6.07, 6.45) is 0. The Balaban J connectivity index is 1.97. The van der Waals surface area contributed by atoms with Gasteiger partial charge < -0.3 is 0 Å². The van der Waals surface area contributed by atoms with Crippen molar-refractivity contribution in [1.82, 2.24) is 4.72 Å². The van der Waals surface area contributed by atoms with Gasteiger partial charge in [-0.15, -0.1) is 11.6 Å². The average Bonchev–Trinajstić information content (AvgIpc) is 2.72. The van der Waals surface area contributed by atoms with Gasteiger partial charge in [-0.1, -0.05) is 71.8 Å². The molecule has 0 heterocycles. The van der Waals surface area contributed by atoms with Crippen molar-refractivity contribution in [3.8, 4) is 0 Å². The molecule has 0 saturated heterocycles. The number of Topliss-reactive ketones (excluding diaryl/α,β-unsaturated/α-hetero) is 1. The van der Waals surface area contributed by atoms with Crippen LogP contribution in [0.4, 0.5) is 0 Å². The van der Waals surface area contributed by atoms with Gasteiger partial charge in [0.05, 0.1) is 10.9 Å². The Morgan fingerprint density at radius 3 is 2.14 bits per heavy atom. The highest BCUT2D eigenvalue weighted by molar-refractivity contribution is 7.89. The number of sulfonamides is 1. The van der Waals surface area contributed by atoms with Crippen molar-refractivity contribution in [2.24, 2.45) is 0 Å². The summed E-state index contributed by atoms with van der Waals surface area (Å²) in [5.41, 5.74) is 2.94. The third kappa shape index (κ3) is 5.12. The summed E-state index contributed by atoms with van der Waals surface area (Å²) in [6.45, 7) is 3.76. The Morgan fingerprint density at radius 1 is 0.862 bits per heavy atom. The first-order valence-corrected chi connectivity index (χ1v) is 11.1. The topological polar surface area (TPSA) is 63.2 Å². The second-order valence-electron chi connectivity index (χ2n) is 6.96. The summed E-state index contributed by atoms with van der Waals surface area (Å²) in [5.74, 6) is -0.337. The van der Waals surface area contributed by atoms with Crippen LogP contribution in [-0.4, -0.2) is 19.6 Å². The Hall–Kier alpha value is -2.47. The van der Waals surface area contributed by atoms with E-state index < -0.39 is 21.4 Å². The molecule has 3 rings (SSSR count). The standard InChI is InChI=1S/C23H22ClNO3S/c1-16-11-13-20(14-12-16)29(27,28)25-22(18-8-4-3-5-9-18)21(24)23(26)19-10-6-7-17(2)15-19/h3-15,21-22,25H,1-2H3/t21-,22-/m1/s1. The predicted molar refractivity (Wildman–Crippen MR) is 116 cm³/mol. The number of rotatable bonds is 7. The monoisotopic (exact) mass is 427 g/mol. The Labute approximate surface area is 176 Å². The molecule has 0 saturated carbocycles. The van der Waals surface area contributed by atoms with Crippen molar-refractivity contribution in [2.45, 2.75) is 30.2 Å². The van der Waals surface area contributed by atoms with Crippen LogP contribution in [0, 0.1) is 13.8 Å². The highest BCUT2D eigenvalue weighted by Crippen LogP contribution is 2.27. The summed E-state index contributed by atoms with van der Waals surface area (Å²) in [4.78, 5) is 13.1. The average molecular weight is 428 g/mol. The molecule has 150 valence electrons. The summed E-state index contributed by atoms with van der Waals surface area (Å²) < 4.78 is 28.6. The lowest BCUT2D eigenvalue weighted by molar-refractivity contribution is 0.0976. The van der Waals surface area contributed by atoms with Gasteiger partial charge in [0.15, 0.2) is 5.78 Å².